The van der Waals surface area contributed by atoms with E-state index in [0.29, 0.717) is 66.6 Å². The highest BCUT2D eigenvalue weighted by Gasteiger charge is 2.31. The molecule has 2 aromatic heterocycles. The largest absolute Gasteiger partial charge is 0.392 e. The first kappa shape index (κ1) is 22.2. The average molecular weight is 477 g/mol. The van der Waals surface area contributed by atoms with Gasteiger partial charge in [-0.2, -0.15) is 0 Å². The zero-order chi connectivity index (χ0) is 23.1. The minimum absolute atomic E-state index is 0.0119. The van der Waals surface area contributed by atoms with E-state index in [1.54, 1.807) is 16.5 Å². The Morgan fingerprint density at radius 3 is 2.70 bits per heavy atom. The SMILES string of the molecule is CC1CN(c2c(CO)cc3c(-c4scnc4C(=O)N4CCOCC4)noc3c2F)CC(C)O1. The lowest BCUT2D eigenvalue weighted by Gasteiger charge is -2.37. The van der Waals surface area contributed by atoms with Crippen molar-refractivity contribution in [2.45, 2.75) is 32.7 Å². The highest BCUT2D eigenvalue weighted by Crippen LogP contribution is 2.39. The fraction of sp³-hybridized carbons (Fsp3) is 0.500. The van der Waals surface area contributed by atoms with E-state index in [-0.39, 0.29) is 36.0 Å². The number of hydrogen-bond acceptors (Lipinski definition) is 9. The van der Waals surface area contributed by atoms with Crippen LogP contribution in [0.25, 0.3) is 21.5 Å². The number of rotatable bonds is 4. The summed E-state index contributed by atoms with van der Waals surface area (Å²) in [5, 5.41) is 14.6. The van der Waals surface area contributed by atoms with Crippen LogP contribution in [0.1, 0.15) is 29.9 Å². The molecule has 33 heavy (non-hydrogen) atoms. The Kier molecular flexibility index (Phi) is 6.04. The summed E-state index contributed by atoms with van der Waals surface area (Å²) in [5.74, 6) is -0.802. The molecule has 2 aliphatic heterocycles. The molecule has 11 heteroatoms. The summed E-state index contributed by atoms with van der Waals surface area (Å²) in [6, 6.07) is 1.69. The molecule has 2 fully saturated rings. The van der Waals surface area contributed by atoms with Gasteiger partial charge in [0.2, 0.25) is 5.58 Å². The van der Waals surface area contributed by atoms with E-state index in [2.05, 4.69) is 10.1 Å². The zero-order valence-electron chi connectivity index (χ0n) is 18.4. The molecule has 0 saturated carbocycles. The van der Waals surface area contributed by atoms with Gasteiger partial charge in [-0.05, 0) is 19.9 Å². The average Bonchev–Trinajstić information content (AvgIpc) is 3.45. The molecular formula is C22H25FN4O5S. The van der Waals surface area contributed by atoms with Gasteiger partial charge in [0.1, 0.15) is 11.4 Å². The van der Waals surface area contributed by atoms with E-state index in [1.807, 2.05) is 18.7 Å². The molecule has 176 valence electrons. The van der Waals surface area contributed by atoms with E-state index in [4.69, 9.17) is 14.0 Å². The van der Waals surface area contributed by atoms with Gasteiger partial charge in [-0.15, -0.1) is 11.3 Å². The summed E-state index contributed by atoms with van der Waals surface area (Å²) in [6.45, 7) is 6.42. The Morgan fingerprint density at radius 2 is 2.00 bits per heavy atom. The maximum Gasteiger partial charge on any atom is 0.274 e. The molecule has 0 spiro atoms. The van der Waals surface area contributed by atoms with Crippen molar-refractivity contribution in [3.05, 3.63) is 28.7 Å². The summed E-state index contributed by atoms with van der Waals surface area (Å²) in [6.07, 6.45) is -0.154. The van der Waals surface area contributed by atoms with Gasteiger partial charge in [-0.1, -0.05) is 5.16 Å². The number of aromatic nitrogens is 2. The first-order valence-electron chi connectivity index (χ1n) is 10.9. The maximum absolute atomic E-state index is 15.7. The summed E-state index contributed by atoms with van der Waals surface area (Å²) >= 11 is 1.24. The summed E-state index contributed by atoms with van der Waals surface area (Å²) in [4.78, 5) is 21.4. The minimum atomic E-state index is -0.581. The number of benzene rings is 1. The zero-order valence-corrected chi connectivity index (χ0v) is 19.2. The molecule has 3 aromatic rings. The third-order valence-electron chi connectivity index (χ3n) is 5.95. The van der Waals surface area contributed by atoms with Gasteiger partial charge in [0.25, 0.3) is 5.91 Å². The molecule has 2 aliphatic rings. The van der Waals surface area contributed by atoms with Crippen LogP contribution in [-0.2, 0) is 16.1 Å². The number of carbonyl (C=O) groups is 1. The maximum atomic E-state index is 15.7. The van der Waals surface area contributed by atoms with Crippen molar-refractivity contribution in [1.82, 2.24) is 15.0 Å². The Morgan fingerprint density at radius 1 is 1.27 bits per heavy atom. The fourth-order valence-corrected chi connectivity index (χ4v) is 5.32. The molecule has 5 rings (SSSR count). The predicted molar refractivity (Wildman–Crippen MR) is 120 cm³/mol. The minimum Gasteiger partial charge on any atom is -0.392 e. The molecule has 2 saturated heterocycles. The van der Waals surface area contributed by atoms with Crippen LogP contribution in [0.15, 0.2) is 16.1 Å². The molecule has 4 heterocycles. The van der Waals surface area contributed by atoms with Crippen LogP contribution in [0.4, 0.5) is 10.1 Å². The Hall–Kier alpha value is -2.60. The number of thiazole rings is 1. The Balaban J connectivity index is 1.57. The number of anilines is 1. The van der Waals surface area contributed by atoms with E-state index in [1.165, 1.54) is 11.3 Å². The van der Waals surface area contributed by atoms with Gasteiger partial charge in [-0.3, -0.25) is 4.79 Å². The Bertz CT molecular complexity index is 1170. The molecule has 0 radical (unpaired) electrons. The fourth-order valence-electron chi connectivity index (χ4n) is 4.55. The van der Waals surface area contributed by atoms with Crippen molar-refractivity contribution >= 4 is 33.9 Å². The van der Waals surface area contributed by atoms with Crippen molar-refractivity contribution in [2.75, 3.05) is 44.3 Å². The van der Waals surface area contributed by atoms with E-state index in [9.17, 15) is 9.90 Å². The molecule has 1 amide bonds. The lowest BCUT2D eigenvalue weighted by molar-refractivity contribution is -0.00550. The lowest BCUT2D eigenvalue weighted by Crippen LogP contribution is -2.46. The smallest absolute Gasteiger partial charge is 0.274 e. The van der Waals surface area contributed by atoms with Crippen LogP contribution >= 0.6 is 11.3 Å². The number of hydrogen-bond donors (Lipinski definition) is 1. The standard InChI is InChI=1S/C22H25FN4O5S/c1-12-8-27(9-13(2)31-12)19-14(10-28)7-15-17(25-32-20(15)16(19)23)21-18(24-11-33-21)22(29)26-3-5-30-6-4-26/h7,11-13,28H,3-6,8-10H2,1-2H3. The predicted octanol–water partition coefficient (Wildman–Crippen LogP) is 2.67. The second-order valence-corrected chi connectivity index (χ2v) is 9.22. The number of carbonyl (C=O) groups excluding carboxylic acids is 1. The van der Waals surface area contributed by atoms with Gasteiger partial charge in [0.05, 0.1) is 53.5 Å². The van der Waals surface area contributed by atoms with Crippen LogP contribution in [0.5, 0.6) is 0 Å². The second-order valence-electron chi connectivity index (χ2n) is 8.36. The van der Waals surface area contributed by atoms with E-state index < -0.39 is 5.82 Å². The first-order chi connectivity index (χ1) is 16.0. The highest BCUT2D eigenvalue weighted by molar-refractivity contribution is 7.13. The molecule has 1 N–H and O–H groups in total. The summed E-state index contributed by atoms with van der Waals surface area (Å²) in [5.41, 5.74) is 2.87. The van der Waals surface area contributed by atoms with Gasteiger partial charge < -0.3 is 28.9 Å². The van der Waals surface area contributed by atoms with Crippen LogP contribution in [0, 0.1) is 5.82 Å². The van der Waals surface area contributed by atoms with Gasteiger partial charge in [0, 0.05) is 31.7 Å². The van der Waals surface area contributed by atoms with Crippen molar-refractivity contribution in [3.8, 4) is 10.6 Å². The number of aliphatic hydroxyl groups excluding tert-OH is 1. The molecule has 1 aromatic carbocycles. The molecule has 9 nitrogen and oxygen atoms in total. The Labute approximate surface area is 193 Å². The third kappa shape index (κ3) is 3.99. The second kappa shape index (κ2) is 8.98. The topological polar surface area (TPSA) is 101 Å². The summed E-state index contributed by atoms with van der Waals surface area (Å²) < 4.78 is 32.3. The quantitative estimate of drug-likeness (QED) is 0.613. The monoisotopic (exact) mass is 476 g/mol. The van der Waals surface area contributed by atoms with Crippen LogP contribution in [0.2, 0.25) is 0 Å². The van der Waals surface area contributed by atoms with Crippen molar-refractivity contribution < 1.29 is 28.3 Å². The summed E-state index contributed by atoms with van der Waals surface area (Å²) in [7, 11) is 0. The van der Waals surface area contributed by atoms with Crippen molar-refractivity contribution in [1.29, 1.82) is 0 Å². The molecule has 0 bridgehead atoms. The number of aliphatic hydroxyl groups is 1. The number of nitrogens with zero attached hydrogens (tertiary/aromatic N) is 4. The molecular weight excluding hydrogens is 451 g/mol. The number of fused-ring (bicyclic) bond motifs is 1. The number of halogens is 1. The van der Waals surface area contributed by atoms with E-state index in [0.717, 1.165) is 0 Å². The lowest BCUT2D eigenvalue weighted by atomic mass is 10.0. The number of ether oxygens (including phenoxy) is 2. The van der Waals surface area contributed by atoms with Crippen molar-refractivity contribution in [2.24, 2.45) is 0 Å². The third-order valence-corrected chi connectivity index (χ3v) is 6.78. The normalized spacial score (nSPS) is 21.7. The van der Waals surface area contributed by atoms with Gasteiger partial charge in [0.15, 0.2) is 5.82 Å². The van der Waals surface area contributed by atoms with Crippen molar-refractivity contribution in [3.63, 3.8) is 0 Å². The van der Waals surface area contributed by atoms with Gasteiger partial charge in [-0.25, -0.2) is 9.37 Å². The molecule has 0 aliphatic carbocycles. The highest BCUT2D eigenvalue weighted by atomic mass is 32.1. The molecule has 2 atom stereocenters. The number of amides is 1. The van der Waals surface area contributed by atoms with Crippen LogP contribution in [0.3, 0.4) is 0 Å². The number of morpholine rings is 2. The van der Waals surface area contributed by atoms with Crippen LogP contribution in [-0.4, -0.2) is 77.7 Å². The first-order valence-corrected chi connectivity index (χ1v) is 11.8. The van der Waals surface area contributed by atoms with E-state index >= 15 is 4.39 Å². The van der Waals surface area contributed by atoms with Crippen LogP contribution < -0.4 is 4.90 Å². The van der Waals surface area contributed by atoms with Gasteiger partial charge >= 0.3 is 0 Å². The molecule has 2 unspecified atom stereocenters.